The molecule has 9 nitrogen and oxygen atoms in total. The van der Waals surface area contributed by atoms with Crippen LogP contribution in [-0.4, -0.2) is 39.6 Å². The minimum Gasteiger partial charge on any atom is -0.389 e. The average Bonchev–Trinajstić information content (AvgIpc) is 3.46. The van der Waals surface area contributed by atoms with Gasteiger partial charge in [-0.15, -0.1) is 22.7 Å². The Morgan fingerprint density at radius 2 is 2.18 bits per heavy atom. The Morgan fingerprint density at radius 3 is 2.93 bits per heavy atom. The van der Waals surface area contributed by atoms with Gasteiger partial charge in [-0.2, -0.15) is 10.2 Å². The van der Waals surface area contributed by atoms with Crippen molar-refractivity contribution in [1.82, 2.24) is 34.5 Å². The topological polar surface area (TPSA) is 115 Å². The van der Waals surface area contributed by atoms with Crippen LogP contribution in [0.4, 0.5) is 0 Å². The Kier molecular flexibility index (Phi) is 4.07. The molecular formula is C17H15N7O2S2. The first-order chi connectivity index (χ1) is 13.6. The van der Waals surface area contributed by atoms with Crippen molar-refractivity contribution in [2.45, 2.75) is 19.6 Å². The van der Waals surface area contributed by atoms with Crippen molar-refractivity contribution in [3.63, 3.8) is 0 Å². The maximum Gasteiger partial charge on any atom is 0.291 e. The average molecular weight is 413 g/mol. The van der Waals surface area contributed by atoms with E-state index in [2.05, 4.69) is 20.3 Å². The number of aryl methyl sites for hydroxylation is 1. The number of nitrogens with zero attached hydrogens (tertiary/aromatic N) is 6. The van der Waals surface area contributed by atoms with Crippen LogP contribution in [0.15, 0.2) is 28.6 Å². The smallest absolute Gasteiger partial charge is 0.291 e. The number of hydrogen-bond acceptors (Lipinski definition) is 8. The Balaban J connectivity index is 1.56. The van der Waals surface area contributed by atoms with Crippen LogP contribution in [0.5, 0.6) is 0 Å². The Morgan fingerprint density at radius 1 is 1.29 bits per heavy atom. The molecule has 5 aromatic rings. The quantitative estimate of drug-likeness (QED) is 0.453. The van der Waals surface area contributed by atoms with Crippen molar-refractivity contribution in [1.29, 1.82) is 0 Å². The van der Waals surface area contributed by atoms with E-state index in [1.165, 1.54) is 16.0 Å². The normalized spacial score (nSPS) is 11.8. The Hall–Kier alpha value is -2.89. The zero-order valence-electron chi connectivity index (χ0n) is 14.8. The largest absolute Gasteiger partial charge is 0.389 e. The van der Waals surface area contributed by atoms with E-state index in [0.717, 1.165) is 26.4 Å². The van der Waals surface area contributed by atoms with E-state index in [1.807, 2.05) is 23.1 Å². The van der Waals surface area contributed by atoms with Crippen LogP contribution >= 0.6 is 22.7 Å². The molecule has 2 N–H and O–H groups in total. The van der Waals surface area contributed by atoms with E-state index >= 15 is 0 Å². The third-order valence-corrected chi connectivity index (χ3v) is 6.48. The highest BCUT2D eigenvalue weighted by Crippen LogP contribution is 2.31. The lowest BCUT2D eigenvalue weighted by atomic mass is 10.3. The zero-order valence-corrected chi connectivity index (χ0v) is 16.4. The zero-order chi connectivity index (χ0) is 19.3. The first-order valence-electron chi connectivity index (χ1n) is 8.50. The summed E-state index contributed by atoms with van der Waals surface area (Å²) < 4.78 is 4.19. The molecule has 0 fully saturated rings. The van der Waals surface area contributed by atoms with Gasteiger partial charge in [0.15, 0.2) is 5.65 Å². The molecule has 0 spiro atoms. The molecule has 11 heteroatoms. The molecule has 142 valence electrons. The van der Waals surface area contributed by atoms with Crippen LogP contribution in [0.3, 0.4) is 0 Å². The van der Waals surface area contributed by atoms with Crippen LogP contribution in [0.2, 0.25) is 0 Å². The Labute approximate surface area is 165 Å². The predicted molar refractivity (Wildman–Crippen MR) is 107 cm³/mol. The molecule has 0 atom stereocenters. The number of H-pyrrole nitrogens is 1. The first-order valence-corrected chi connectivity index (χ1v) is 10.2. The number of aromatic amines is 1. The monoisotopic (exact) mass is 413 g/mol. The molecule has 5 aromatic heterocycles. The van der Waals surface area contributed by atoms with Gasteiger partial charge in [-0.1, -0.05) is 0 Å². The lowest BCUT2D eigenvalue weighted by Gasteiger charge is -2.03. The van der Waals surface area contributed by atoms with Crippen molar-refractivity contribution in [2.75, 3.05) is 0 Å². The highest BCUT2D eigenvalue weighted by atomic mass is 32.1. The molecule has 5 rings (SSSR count). The molecule has 28 heavy (non-hydrogen) atoms. The molecule has 0 saturated heterocycles. The first kappa shape index (κ1) is 17.2. The molecule has 0 unspecified atom stereocenters. The minimum atomic E-state index is -0.182. The van der Waals surface area contributed by atoms with E-state index in [1.54, 1.807) is 23.7 Å². The highest BCUT2D eigenvalue weighted by Gasteiger charge is 2.18. The summed E-state index contributed by atoms with van der Waals surface area (Å²) >= 11 is 2.93. The number of fused-ring (bicyclic) bond motifs is 3. The van der Waals surface area contributed by atoms with Crippen molar-refractivity contribution >= 4 is 43.9 Å². The summed E-state index contributed by atoms with van der Waals surface area (Å²) in [6, 6.07) is 1.92. The van der Waals surface area contributed by atoms with Crippen LogP contribution in [0.1, 0.15) is 21.4 Å². The molecule has 0 aromatic carbocycles. The fraction of sp³-hybridized carbons (Fsp3) is 0.235. The third-order valence-electron chi connectivity index (χ3n) is 4.52. The van der Waals surface area contributed by atoms with Gasteiger partial charge < -0.3 is 9.67 Å². The maximum atomic E-state index is 13.0. The SMILES string of the molecule is Cn1c2nc(Cc3ccn[nH]3)sc2c2cnn(Cc3csc(CO)n3)c(=O)c21. The van der Waals surface area contributed by atoms with Crippen molar-refractivity contribution < 1.29 is 5.11 Å². The summed E-state index contributed by atoms with van der Waals surface area (Å²) in [5.41, 5.74) is 2.88. The summed E-state index contributed by atoms with van der Waals surface area (Å²) in [6.07, 6.45) is 4.11. The second-order valence-corrected chi connectivity index (χ2v) is 8.36. The molecule has 0 radical (unpaired) electrons. The molecular weight excluding hydrogens is 398 g/mol. The number of thiazole rings is 2. The Bertz CT molecular complexity index is 1340. The highest BCUT2D eigenvalue weighted by molar-refractivity contribution is 7.19. The number of aromatic nitrogens is 7. The molecule has 0 amide bonds. The number of rotatable bonds is 5. The third kappa shape index (κ3) is 2.75. The van der Waals surface area contributed by atoms with E-state index in [4.69, 9.17) is 10.1 Å². The molecule has 5 heterocycles. The number of nitrogens with one attached hydrogen (secondary N) is 1. The summed E-state index contributed by atoms with van der Waals surface area (Å²) in [7, 11) is 1.85. The summed E-state index contributed by atoms with van der Waals surface area (Å²) in [6.45, 7) is 0.162. The van der Waals surface area contributed by atoms with Crippen molar-refractivity contribution in [3.05, 3.63) is 55.6 Å². The predicted octanol–water partition coefficient (Wildman–Crippen LogP) is 1.66. The number of aliphatic hydroxyl groups excluding tert-OH is 1. The van der Waals surface area contributed by atoms with Gasteiger partial charge in [0.1, 0.15) is 15.5 Å². The van der Waals surface area contributed by atoms with E-state index < -0.39 is 0 Å². The molecule has 0 bridgehead atoms. The lowest BCUT2D eigenvalue weighted by Crippen LogP contribution is -2.24. The summed E-state index contributed by atoms with van der Waals surface area (Å²) in [5, 5.41) is 24.6. The van der Waals surface area contributed by atoms with Crippen molar-refractivity contribution in [2.24, 2.45) is 7.05 Å². The molecule has 0 aliphatic rings. The number of aliphatic hydroxyl groups is 1. The summed E-state index contributed by atoms with van der Waals surface area (Å²) in [4.78, 5) is 22.0. The standard InChI is InChI=1S/C17H15N7O2S2/c1-23-14-11(15-16(23)21-12(28-15)4-9-2-3-18-22-9)5-19-24(17(14)26)6-10-8-27-13(7-25)20-10/h2-3,5,8,25H,4,6-7H2,1H3,(H,18,22). The van der Waals surface area contributed by atoms with Gasteiger partial charge in [-0.25, -0.2) is 14.6 Å². The second kappa shape index (κ2) is 6.62. The molecule has 0 aliphatic carbocycles. The van der Waals surface area contributed by atoms with Gasteiger partial charge in [0.25, 0.3) is 5.56 Å². The van der Waals surface area contributed by atoms with Crippen LogP contribution in [0.25, 0.3) is 21.3 Å². The fourth-order valence-electron chi connectivity index (χ4n) is 3.21. The second-order valence-electron chi connectivity index (χ2n) is 6.34. The van der Waals surface area contributed by atoms with E-state index in [0.29, 0.717) is 22.6 Å². The van der Waals surface area contributed by atoms with Crippen LogP contribution in [-0.2, 0) is 26.6 Å². The van der Waals surface area contributed by atoms with Gasteiger partial charge in [-0.3, -0.25) is 9.89 Å². The van der Waals surface area contributed by atoms with E-state index in [9.17, 15) is 4.79 Å². The van der Waals surface area contributed by atoms with Crippen LogP contribution < -0.4 is 5.56 Å². The van der Waals surface area contributed by atoms with Crippen molar-refractivity contribution in [3.8, 4) is 0 Å². The van der Waals surface area contributed by atoms with Gasteiger partial charge in [0.05, 0.1) is 29.7 Å². The van der Waals surface area contributed by atoms with Gasteiger partial charge >= 0.3 is 0 Å². The van der Waals surface area contributed by atoms with Gasteiger partial charge in [0, 0.05) is 36.1 Å². The lowest BCUT2D eigenvalue weighted by molar-refractivity contribution is 0.281. The minimum absolute atomic E-state index is 0.104. The molecule has 0 aliphatic heterocycles. The fourth-order valence-corrected chi connectivity index (χ4v) is 4.99. The maximum absolute atomic E-state index is 13.0. The van der Waals surface area contributed by atoms with Gasteiger partial charge in [0.2, 0.25) is 0 Å². The number of hydrogen-bond donors (Lipinski definition) is 2. The summed E-state index contributed by atoms with van der Waals surface area (Å²) in [5.74, 6) is 0. The van der Waals surface area contributed by atoms with Gasteiger partial charge in [-0.05, 0) is 6.07 Å². The van der Waals surface area contributed by atoms with E-state index in [-0.39, 0.29) is 18.7 Å². The van der Waals surface area contributed by atoms with Crippen LogP contribution in [0, 0.1) is 0 Å². The molecule has 0 saturated carbocycles.